The van der Waals surface area contributed by atoms with E-state index in [0.29, 0.717) is 5.69 Å². The van der Waals surface area contributed by atoms with Crippen molar-refractivity contribution in [3.8, 4) is 0 Å². The van der Waals surface area contributed by atoms with Gasteiger partial charge in [-0.2, -0.15) is 5.10 Å². The number of fused-ring (bicyclic) bond motifs is 1. The SMILES string of the molecule is O=C(Nc1ccccc1N1CCC(O)CC1)c1n[nH]c2c1CCC2. The molecule has 1 aliphatic carbocycles. The van der Waals surface area contributed by atoms with E-state index in [1.165, 1.54) is 0 Å². The molecule has 2 aliphatic rings. The number of benzene rings is 1. The van der Waals surface area contributed by atoms with Crippen LogP contribution in [0.4, 0.5) is 11.4 Å². The predicted molar refractivity (Wildman–Crippen MR) is 92.5 cm³/mol. The summed E-state index contributed by atoms with van der Waals surface area (Å²) in [4.78, 5) is 14.9. The lowest BCUT2D eigenvalue weighted by Gasteiger charge is -2.32. The van der Waals surface area contributed by atoms with E-state index in [0.717, 1.165) is 67.8 Å². The van der Waals surface area contributed by atoms with Crippen LogP contribution in [-0.2, 0) is 12.8 Å². The standard InChI is InChI=1S/C18H22N4O2/c23-12-8-10-22(11-9-12)16-7-2-1-5-15(16)19-18(24)17-13-4-3-6-14(13)20-21-17/h1-2,5,7,12,23H,3-4,6,8-11H2,(H,19,24)(H,20,21). The van der Waals surface area contributed by atoms with Crippen LogP contribution in [-0.4, -0.2) is 40.4 Å². The highest BCUT2D eigenvalue weighted by Crippen LogP contribution is 2.29. The number of nitrogens with one attached hydrogen (secondary N) is 2. The van der Waals surface area contributed by atoms with E-state index >= 15 is 0 Å². The number of para-hydroxylation sites is 2. The molecule has 126 valence electrons. The number of nitrogens with zero attached hydrogens (tertiary/aromatic N) is 2. The molecule has 3 N–H and O–H groups in total. The van der Waals surface area contributed by atoms with Crippen LogP contribution in [0.25, 0.3) is 0 Å². The first-order valence-corrected chi connectivity index (χ1v) is 8.62. The predicted octanol–water partition coefficient (Wildman–Crippen LogP) is 2.11. The highest BCUT2D eigenvalue weighted by Gasteiger charge is 2.24. The van der Waals surface area contributed by atoms with Gasteiger partial charge in [0.15, 0.2) is 5.69 Å². The van der Waals surface area contributed by atoms with Crippen molar-refractivity contribution in [2.24, 2.45) is 0 Å². The van der Waals surface area contributed by atoms with Crippen LogP contribution in [0.1, 0.15) is 41.0 Å². The van der Waals surface area contributed by atoms with Crippen LogP contribution in [0.3, 0.4) is 0 Å². The van der Waals surface area contributed by atoms with Crippen molar-refractivity contribution in [3.05, 3.63) is 41.2 Å². The summed E-state index contributed by atoms with van der Waals surface area (Å²) in [5.41, 5.74) is 4.48. The molecule has 1 aromatic heterocycles. The van der Waals surface area contributed by atoms with Crippen molar-refractivity contribution >= 4 is 17.3 Å². The van der Waals surface area contributed by atoms with E-state index in [9.17, 15) is 9.90 Å². The number of aliphatic hydroxyl groups excluding tert-OH is 1. The van der Waals surface area contributed by atoms with Gasteiger partial charge in [0, 0.05) is 24.3 Å². The Bertz CT molecular complexity index is 747. The summed E-state index contributed by atoms with van der Waals surface area (Å²) in [7, 11) is 0. The third kappa shape index (κ3) is 2.78. The number of hydrogen-bond acceptors (Lipinski definition) is 4. The lowest BCUT2D eigenvalue weighted by atomic mass is 10.1. The zero-order valence-electron chi connectivity index (χ0n) is 13.6. The molecule has 1 aromatic carbocycles. The summed E-state index contributed by atoms with van der Waals surface area (Å²) in [6.07, 6.45) is 4.28. The lowest BCUT2D eigenvalue weighted by molar-refractivity contribution is 0.102. The summed E-state index contributed by atoms with van der Waals surface area (Å²) in [6.45, 7) is 1.59. The average Bonchev–Trinajstić information content (AvgIpc) is 3.19. The zero-order chi connectivity index (χ0) is 16.5. The Morgan fingerprint density at radius 2 is 2.04 bits per heavy atom. The Morgan fingerprint density at radius 3 is 2.88 bits per heavy atom. The number of aromatic nitrogens is 2. The molecule has 0 spiro atoms. The van der Waals surface area contributed by atoms with Crippen LogP contribution in [0, 0.1) is 0 Å². The van der Waals surface area contributed by atoms with Gasteiger partial charge in [-0.05, 0) is 44.2 Å². The van der Waals surface area contributed by atoms with Crippen LogP contribution in [0.5, 0.6) is 0 Å². The van der Waals surface area contributed by atoms with Crippen molar-refractivity contribution in [1.29, 1.82) is 0 Å². The summed E-state index contributed by atoms with van der Waals surface area (Å²) >= 11 is 0. The van der Waals surface area contributed by atoms with Gasteiger partial charge in [-0.25, -0.2) is 0 Å². The van der Waals surface area contributed by atoms with E-state index < -0.39 is 0 Å². The number of aryl methyl sites for hydroxylation is 1. The van der Waals surface area contributed by atoms with Gasteiger partial charge in [0.05, 0.1) is 17.5 Å². The Kier molecular flexibility index (Phi) is 3.98. The minimum atomic E-state index is -0.213. The van der Waals surface area contributed by atoms with E-state index in [4.69, 9.17) is 0 Å². The lowest BCUT2D eigenvalue weighted by Crippen LogP contribution is -2.36. The maximum atomic E-state index is 12.7. The van der Waals surface area contributed by atoms with Crippen LogP contribution >= 0.6 is 0 Å². The van der Waals surface area contributed by atoms with E-state index in [-0.39, 0.29) is 12.0 Å². The van der Waals surface area contributed by atoms with Gasteiger partial charge in [0.25, 0.3) is 5.91 Å². The Labute approximate surface area is 140 Å². The molecule has 2 aromatic rings. The quantitative estimate of drug-likeness (QED) is 0.807. The number of aromatic amines is 1. The minimum Gasteiger partial charge on any atom is -0.393 e. The van der Waals surface area contributed by atoms with E-state index in [1.54, 1.807) is 0 Å². The topological polar surface area (TPSA) is 81.2 Å². The molecular weight excluding hydrogens is 304 g/mol. The molecule has 0 unspecified atom stereocenters. The van der Waals surface area contributed by atoms with Crippen molar-refractivity contribution < 1.29 is 9.90 Å². The largest absolute Gasteiger partial charge is 0.393 e. The average molecular weight is 326 g/mol. The second kappa shape index (κ2) is 6.28. The van der Waals surface area contributed by atoms with Crippen molar-refractivity contribution in [2.45, 2.75) is 38.2 Å². The molecule has 0 bridgehead atoms. The van der Waals surface area contributed by atoms with E-state index in [1.807, 2.05) is 24.3 Å². The van der Waals surface area contributed by atoms with Crippen molar-refractivity contribution in [2.75, 3.05) is 23.3 Å². The molecule has 4 rings (SSSR count). The van der Waals surface area contributed by atoms with Gasteiger partial charge in [0.2, 0.25) is 0 Å². The molecule has 6 heteroatoms. The molecule has 24 heavy (non-hydrogen) atoms. The van der Waals surface area contributed by atoms with Crippen LogP contribution in [0.15, 0.2) is 24.3 Å². The van der Waals surface area contributed by atoms with Crippen LogP contribution in [0.2, 0.25) is 0 Å². The number of carbonyl (C=O) groups excluding carboxylic acids is 1. The Hall–Kier alpha value is -2.34. The molecule has 0 saturated carbocycles. The normalized spacial score (nSPS) is 17.8. The number of H-pyrrole nitrogens is 1. The van der Waals surface area contributed by atoms with Crippen molar-refractivity contribution in [1.82, 2.24) is 10.2 Å². The van der Waals surface area contributed by atoms with Crippen molar-refractivity contribution in [3.63, 3.8) is 0 Å². The third-order valence-electron chi connectivity index (χ3n) is 4.98. The molecule has 0 atom stereocenters. The maximum Gasteiger partial charge on any atom is 0.276 e. The highest BCUT2D eigenvalue weighted by molar-refractivity contribution is 6.05. The summed E-state index contributed by atoms with van der Waals surface area (Å²) in [6, 6.07) is 7.84. The van der Waals surface area contributed by atoms with Gasteiger partial charge in [0.1, 0.15) is 0 Å². The van der Waals surface area contributed by atoms with Gasteiger partial charge < -0.3 is 15.3 Å². The Balaban J connectivity index is 1.55. The summed E-state index contributed by atoms with van der Waals surface area (Å²) in [5, 5.41) is 19.9. The first kappa shape index (κ1) is 15.2. The second-order valence-corrected chi connectivity index (χ2v) is 6.57. The molecule has 6 nitrogen and oxygen atoms in total. The highest BCUT2D eigenvalue weighted by atomic mass is 16.3. The number of amides is 1. The Morgan fingerprint density at radius 1 is 1.25 bits per heavy atom. The summed E-state index contributed by atoms with van der Waals surface area (Å²) < 4.78 is 0. The molecule has 0 radical (unpaired) electrons. The fourth-order valence-electron chi connectivity index (χ4n) is 3.65. The van der Waals surface area contributed by atoms with Gasteiger partial charge in [-0.3, -0.25) is 9.89 Å². The summed E-state index contributed by atoms with van der Waals surface area (Å²) in [5.74, 6) is -0.154. The number of anilines is 2. The zero-order valence-corrected chi connectivity index (χ0v) is 13.6. The first-order chi connectivity index (χ1) is 11.7. The van der Waals surface area contributed by atoms with Gasteiger partial charge >= 0.3 is 0 Å². The fraction of sp³-hybridized carbons (Fsp3) is 0.444. The fourth-order valence-corrected chi connectivity index (χ4v) is 3.65. The second-order valence-electron chi connectivity index (χ2n) is 6.57. The number of aliphatic hydroxyl groups is 1. The van der Waals surface area contributed by atoms with Gasteiger partial charge in [-0.1, -0.05) is 12.1 Å². The molecule has 1 aliphatic heterocycles. The monoisotopic (exact) mass is 326 g/mol. The molecule has 1 saturated heterocycles. The van der Waals surface area contributed by atoms with E-state index in [2.05, 4.69) is 20.4 Å². The number of rotatable bonds is 3. The number of piperidine rings is 1. The first-order valence-electron chi connectivity index (χ1n) is 8.62. The van der Waals surface area contributed by atoms with Gasteiger partial charge in [-0.15, -0.1) is 0 Å². The molecule has 2 heterocycles. The smallest absolute Gasteiger partial charge is 0.276 e. The third-order valence-corrected chi connectivity index (χ3v) is 4.98. The molecule has 1 amide bonds. The number of carbonyl (C=O) groups is 1. The number of hydrogen-bond donors (Lipinski definition) is 3. The minimum absolute atomic E-state index is 0.154. The van der Waals surface area contributed by atoms with Crippen LogP contribution < -0.4 is 10.2 Å². The maximum absolute atomic E-state index is 12.7. The molecule has 1 fully saturated rings. The molecular formula is C18H22N4O2.